The Hall–Kier alpha value is -2.61. The van der Waals surface area contributed by atoms with Crippen LogP contribution in [0.2, 0.25) is 0 Å². The first kappa shape index (κ1) is 19.2. The molecule has 2 aromatic rings. The molecule has 0 bridgehead atoms. The highest BCUT2D eigenvalue weighted by atomic mass is 16.7. The Kier molecular flexibility index (Phi) is 5.95. The molecule has 1 aliphatic heterocycles. The molecule has 2 aromatic carbocycles. The Labute approximate surface area is 157 Å². The summed E-state index contributed by atoms with van der Waals surface area (Å²) in [6.45, 7) is 1.62. The highest BCUT2D eigenvalue weighted by molar-refractivity contribution is 5.89. The fraction of sp³-hybridized carbons (Fsp3) is 0.350. The Balaban J connectivity index is 1.72. The minimum Gasteiger partial charge on any atom is -0.497 e. The second-order valence-corrected chi connectivity index (χ2v) is 6.22. The fourth-order valence-corrected chi connectivity index (χ4v) is 2.79. The van der Waals surface area contributed by atoms with E-state index < -0.39 is 36.7 Å². The van der Waals surface area contributed by atoms with Crippen LogP contribution < -0.4 is 9.47 Å². The van der Waals surface area contributed by atoms with Gasteiger partial charge in [-0.15, -0.1) is 0 Å². The Bertz CT molecular complexity index is 747. The van der Waals surface area contributed by atoms with Crippen LogP contribution in [-0.2, 0) is 9.47 Å². The van der Waals surface area contributed by atoms with Crippen LogP contribution in [0.3, 0.4) is 0 Å². The van der Waals surface area contributed by atoms with Crippen molar-refractivity contribution < 1.29 is 34.0 Å². The van der Waals surface area contributed by atoms with Gasteiger partial charge in [-0.2, -0.15) is 0 Å². The summed E-state index contributed by atoms with van der Waals surface area (Å²) >= 11 is 0. The second-order valence-electron chi connectivity index (χ2n) is 6.22. The molecule has 0 radical (unpaired) electrons. The highest BCUT2D eigenvalue weighted by Gasteiger charge is 2.46. The molecular weight excluding hydrogens is 352 g/mol. The number of carbonyl (C=O) groups is 1. The molecule has 0 aromatic heterocycles. The molecule has 7 nitrogen and oxygen atoms in total. The van der Waals surface area contributed by atoms with Crippen LogP contribution in [0.25, 0.3) is 0 Å². The van der Waals surface area contributed by atoms with E-state index in [4.69, 9.17) is 18.9 Å². The van der Waals surface area contributed by atoms with Crippen LogP contribution in [0.1, 0.15) is 17.3 Å². The lowest BCUT2D eigenvalue weighted by Crippen LogP contribution is -2.59. The fourth-order valence-electron chi connectivity index (χ4n) is 2.79. The molecule has 0 unspecified atom stereocenters. The van der Waals surface area contributed by atoms with E-state index in [-0.39, 0.29) is 0 Å². The van der Waals surface area contributed by atoms with Crippen molar-refractivity contribution in [2.45, 2.75) is 37.6 Å². The average molecular weight is 374 g/mol. The summed E-state index contributed by atoms with van der Waals surface area (Å²) in [4.78, 5) is 12.3. The van der Waals surface area contributed by atoms with Crippen LogP contribution >= 0.6 is 0 Å². The maximum Gasteiger partial charge on any atom is 0.338 e. The lowest BCUT2D eigenvalue weighted by Gasteiger charge is -2.40. The quantitative estimate of drug-likeness (QED) is 0.770. The summed E-state index contributed by atoms with van der Waals surface area (Å²) in [7, 11) is 1.55. The third kappa shape index (κ3) is 4.39. The van der Waals surface area contributed by atoms with Crippen molar-refractivity contribution in [1.82, 2.24) is 0 Å². The maximum absolute atomic E-state index is 12.3. The van der Waals surface area contributed by atoms with Crippen molar-refractivity contribution in [3.63, 3.8) is 0 Å². The number of benzene rings is 2. The van der Waals surface area contributed by atoms with Gasteiger partial charge in [0.15, 0.2) is 12.2 Å². The van der Waals surface area contributed by atoms with Gasteiger partial charge >= 0.3 is 5.97 Å². The van der Waals surface area contributed by atoms with Gasteiger partial charge in [-0.3, -0.25) is 0 Å². The van der Waals surface area contributed by atoms with E-state index in [0.29, 0.717) is 17.1 Å². The lowest BCUT2D eigenvalue weighted by atomic mass is 9.99. The molecule has 0 spiro atoms. The number of hydrogen-bond donors (Lipinski definition) is 2. The smallest absolute Gasteiger partial charge is 0.338 e. The summed E-state index contributed by atoms with van der Waals surface area (Å²) in [5.41, 5.74) is 0.323. The van der Waals surface area contributed by atoms with Gasteiger partial charge < -0.3 is 29.2 Å². The summed E-state index contributed by atoms with van der Waals surface area (Å²) in [5, 5.41) is 20.9. The number of hydrogen-bond acceptors (Lipinski definition) is 7. The Morgan fingerprint density at radius 3 is 2.22 bits per heavy atom. The van der Waals surface area contributed by atoms with Gasteiger partial charge in [0.2, 0.25) is 6.29 Å². The Morgan fingerprint density at radius 1 is 0.963 bits per heavy atom. The molecule has 1 fully saturated rings. The summed E-state index contributed by atoms with van der Waals surface area (Å²) in [5.74, 6) is 0.457. The van der Waals surface area contributed by atoms with Gasteiger partial charge in [0, 0.05) is 0 Å². The van der Waals surface area contributed by atoms with E-state index in [1.807, 2.05) is 0 Å². The number of carbonyl (C=O) groups excluding carboxylic acids is 1. The molecule has 0 saturated carbocycles. The van der Waals surface area contributed by atoms with Gasteiger partial charge in [0.1, 0.15) is 17.6 Å². The van der Waals surface area contributed by atoms with Crippen molar-refractivity contribution in [3.8, 4) is 11.5 Å². The van der Waals surface area contributed by atoms with E-state index in [9.17, 15) is 15.0 Å². The minimum absolute atomic E-state index is 0.323. The number of aliphatic hydroxyl groups is 2. The SMILES string of the molecule is COc1ccc(O[C@@H]2O[C@@H](C)[C@@H](O)[C@@H](OC(=O)c3ccccc3)[C@@H]2O)cc1. The molecule has 27 heavy (non-hydrogen) atoms. The summed E-state index contributed by atoms with van der Waals surface area (Å²) in [6, 6.07) is 15.1. The molecule has 0 amide bonds. The summed E-state index contributed by atoms with van der Waals surface area (Å²) < 4.78 is 21.7. The lowest BCUT2D eigenvalue weighted by molar-refractivity contribution is -0.267. The van der Waals surface area contributed by atoms with E-state index in [2.05, 4.69) is 0 Å². The van der Waals surface area contributed by atoms with E-state index in [1.54, 1.807) is 68.6 Å². The standard InChI is InChI=1S/C20H22O7/c1-12-16(21)18(27-19(23)13-6-4-3-5-7-13)17(22)20(25-12)26-15-10-8-14(24-2)9-11-15/h3-12,16-18,20-22H,1-2H3/t12-,16+,17-,18+,20-/m0/s1. The van der Waals surface area contributed by atoms with E-state index in [0.717, 1.165) is 0 Å². The first-order valence-corrected chi connectivity index (χ1v) is 8.58. The molecule has 1 aliphatic rings. The van der Waals surface area contributed by atoms with Crippen LogP contribution in [0.4, 0.5) is 0 Å². The highest BCUT2D eigenvalue weighted by Crippen LogP contribution is 2.27. The van der Waals surface area contributed by atoms with Crippen molar-refractivity contribution in [3.05, 3.63) is 60.2 Å². The molecule has 0 aliphatic carbocycles. The first-order valence-electron chi connectivity index (χ1n) is 8.58. The van der Waals surface area contributed by atoms with Crippen LogP contribution in [0.15, 0.2) is 54.6 Å². The summed E-state index contributed by atoms with van der Waals surface area (Å²) in [6.07, 6.45) is -5.56. The van der Waals surface area contributed by atoms with Crippen molar-refractivity contribution in [1.29, 1.82) is 0 Å². The number of rotatable bonds is 5. The Morgan fingerprint density at radius 2 is 1.59 bits per heavy atom. The topological polar surface area (TPSA) is 94.5 Å². The van der Waals surface area contributed by atoms with Gasteiger partial charge in [0.05, 0.1) is 18.8 Å². The molecule has 2 N–H and O–H groups in total. The molecule has 1 saturated heterocycles. The second kappa shape index (κ2) is 8.39. The van der Waals surface area contributed by atoms with Gasteiger partial charge in [0.25, 0.3) is 0 Å². The predicted octanol–water partition coefficient (Wildman–Crippen LogP) is 1.77. The first-order chi connectivity index (χ1) is 13.0. The number of esters is 1. The normalized spacial score (nSPS) is 27.6. The number of ether oxygens (including phenoxy) is 4. The van der Waals surface area contributed by atoms with Crippen LogP contribution in [-0.4, -0.2) is 54.0 Å². The minimum atomic E-state index is -1.37. The molecular formula is C20H22O7. The van der Waals surface area contributed by atoms with Gasteiger partial charge in [-0.05, 0) is 43.3 Å². The van der Waals surface area contributed by atoms with Crippen molar-refractivity contribution in [2.75, 3.05) is 7.11 Å². The van der Waals surface area contributed by atoms with Crippen LogP contribution in [0.5, 0.6) is 11.5 Å². The average Bonchev–Trinajstić information content (AvgIpc) is 2.70. The van der Waals surface area contributed by atoms with Gasteiger partial charge in [-0.25, -0.2) is 4.79 Å². The van der Waals surface area contributed by atoms with Gasteiger partial charge in [-0.1, -0.05) is 18.2 Å². The molecule has 1 heterocycles. The zero-order chi connectivity index (χ0) is 19.4. The number of aliphatic hydroxyl groups excluding tert-OH is 2. The zero-order valence-electron chi connectivity index (χ0n) is 15.0. The predicted molar refractivity (Wildman–Crippen MR) is 95.6 cm³/mol. The van der Waals surface area contributed by atoms with Crippen molar-refractivity contribution in [2.24, 2.45) is 0 Å². The van der Waals surface area contributed by atoms with E-state index in [1.165, 1.54) is 0 Å². The number of methoxy groups -OCH3 is 1. The van der Waals surface area contributed by atoms with Crippen LogP contribution in [0, 0.1) is 0 Å². The molecule has 7 heteroatoms. The van der Waals surface area contributed by atoms with Crippen molar-refractivity contribution >= 4 is 5.97 Å². The third-order valence-corrected chi connectivity index (χ3v) is 4.35. The maximum atomic E-state index is 12.3. The monoisotopic (exact) mass is 374 g/mol. The molecule has 5 atom stereocenters. The molecule has 144 valence electrons. The largest absolute Gasteiger partial charge is 0.497 e. The molecule has 3 rings (SSSR count). The zero-order valence-corrected chi connectivity index (χ0v) is 15.0. The third-order valence-electron chi connectivity index (χ3n) is 4.35. The van der Waals surface area contributed by atoms with E-state index >= 15 is 0 Å².